The summed E-state index contributed by atoms with van der Waals surface area (Å²) in [7, 11) is 0. The van der Waals surface area contributed by atoms with E-state index in [2.05, 4.69) is 18.2 Å². The molecule has 4 rings (SSSR count). The third-order valence-corrected chi connectivity index (χ3v) is 5.41. The highest BCUT2D eigenvalue weighted by atomic mass is 16.5. The normalized spacial score (nSPS) is 21.2. The minimum atomic E-state index is -0.376. The van der Waals surface area contributed by atoms with Crippen LogP contribution in [0.15, 0.2) is 24.3 Å². The lowest BCUT2D eigenvalue weighted by Gasteiger charge is -2.30. The van der Waals surface area contributed by atoms with E-state index in [0.29, 0.717) is 18.2 Å². The molecule has 1 unspecified atom stereocenters. The fraction of sp³-hybridized carbons (Fsp3) is 0.500. The Kier molecular flexibility index (Phi) is 4.01. The van der Waals surface area contributed by atoms with Crippen LogP contribution in [-0.2, 0) is 16.0 Å². The summed E-state index contributed by atoms with van der Waals surface area (Å²) in [6.07, 6.45) is 4.48. The Morgan fingerprint density at radius 3 is 3.00 bits per heavy atom. The number of benzene rings is 1. The minimum absolute atomic E-state index is 0.136. The van der Waals surface area contributed by atoms with Crippen molar-refractivity contribution < 1.29 is 14.3 Å². The molecule has 0 radical (unpaired) electrons. The average molecular weight is 338 g/mol. The quantitative estimate of drug-likeness (QED) is 0.796. The fourth-order valence-corrected chi connectivity index (χ4v) is 3.96. The molecule has 0 N–H and O–H groups in total. The maximum Gasteiger partial charge on any atom is 0.355 e. The number of carbonyl (C=O) groups excluding carboxylic acids is 1. The van der Waals surface area contributed by atoms with E-state index < -0.39 is 0 Å². The zero-order valence-corrected chi connectivity index (χ0v) is 14.5. The van der Waals surface area contributed by atoms with E-state index in [1.807, 2.05) is 12.1 Å². The zero-order valence-electron chi connectivity index (χ0n) is 14.5. The first-order valence-corrected chi connectivity index (χ1v) is 8.97. The van der Waals surface area contributed by atoms with E-state index in [9.17, 15) is 4.79 Å². The summed E-state index contributed by atoms with van der Waals surface area (Å²) in [6.45, 7) is 3.07. The van der Waals surface area contributed by atoms with Gasteiger partial charge in [0, 0.05) is 17.5 Å². The Morgan fingerprint density at radius 1 is 1.44 bits per heavy atom. The van der Waals surface area contributed by atoms with Crippen molar-refractivity contribution in [3.8, 4) is 6.07 Å². The first-order chi connectivity index (χ1) is 12.2. The molecule has 1 aromatic carbocycles. The van der Waals surface area contributed by atoms with Gasteiger partial charge in [0.25, 0.3) is 0 Å². The standard InChI is InChI=1S/C20H22N2O3/c1-2-24-19(23)18-12-16-11-14(3-4-17(16)22(18)9-8-21)15-5-10-25-20(13-15)6-7-20/h3-4,11-12,15H,2,5-7,9-10,13H2,1H3. The predicted octanol–water partition coefficient (Wildman–Crippen LogP) is 3.77. The molecule has 130 valence electrons. The fourth-order valence-electron chi connectivity index (χ4n) is 3.96. The van der Waals surface area contributed by atoms with Gasteiger partial charge in [0.05, 0.1) is 18.3 Å². The Bertz CT molecular complexity index is 858. The molecule has 0 amide bonds. The zero-order chi connectivity index (χ0) is 17.4. The molecule has 2 heterocycles. The number of nitriles is 1. The van der Waals surface area contributed by atoms with Crippen LogP contribution in [0.4, 0.5) is 0 Å². The van der Waals surface area contributed by atoms with Gasteiger partial charge in [-0.05, 0) is 62.3 Å². The number of fused-ring (bicyclic) bond motifs is 1. The maximum atomic E-state index is 12.2. The SMILES string of the molecule is CCOC(=O)c1cc2cc(C3CCOC4(CC4)C3)ccc2n1CC#N. The summed E-state index contributed by atoms with van der Waals surface area (Å²) in [6, 6.07) is 10.3. The second-order valence-corrected chi connectivity index (χ2v) is 7.03. The van der Waals surface area contributed by atoms with Gasteiger partial charge in [0.2, 0.25) is 0 Å². The third-order valence-electron chi connectivity index (χ3n) is 5.41. The number of nitrogens with zero attached hydrogens (tertiary/aromatic N) is 2. The predicted molar refractivity (Wildman–Crippen MR) is 93.4 cm³/mol. The number of ether oxygens (including phenoxy) is 2. The Labute approximate surface area is 147 Å². The number of hydrogen-bond donors (Lipinski definition) is 0. The molecule has 1 aliphatic heterocycles. The van der Waals surface area contributed by atoms with E-state index in [1.54, 1.807) is 11.5 Å². The van der Waals surface area contributed by atoms with Gasteiger partial charge in [-0.2, -0.15) is 5.26 Å². The van der Waals surface area contributed by atoms with Gasteiger partial charge >= 0.3 is 5.97 Å². The first kappa shape index (κ1) is 16.2. The van der Waals surface area contributed by atoms with E-state index in [0.717, 1.165) is 30.4 Å². The Morgan fingerprint density at radius 2 is 2.28 bits per heavy atom. The van der Waals surface area contributed by atoms with Crippen molar-refractivity contribution in [1.82, 2.24) is 4.57 Å². The van der Waals surface area contributed by atoms with Gasteiger partial charge in [0.1, 0.15) is 12.2 Å². The molecule has 5 heteroatoms. The van der Waals surface area contributed by atoms with E-state index >= 15 is 0 Å². The van der Waals surface area contributed by atoms with Gasteiger partial charge in [-0.1, -0.05) is 6.07 Å². The van der Waals surface area contributed by atoms with Crippen LogP contribution in [0, 0.1) is 11.3 Å². The molecular formula is C20H22N2O3. The van der Waals surface area contributed by atoms with Crippen molar-refractivity contribution in [1.29, 1.82) is 5.26 Å². The van der Waals surface area contributed by atoms with Gasteiger partial charge in [-0.25, -0.2) is 4.79 Å². The van der Waals surface area contributed by atoms with Crippen molar-refractivity contribution in [2.24, 2.45) is 0 Å². The lowest BCUT2D eigenvalue weighted by molar-refractivity contribution is -0.0132. The molecule has 5 nitrogen and oxygen atoms in total. The number of esters is 1. The van der Waals surface area contributed by atoms with Crippen molar-refractivity contribution in [2.45, 2.75) is 50.7 Å². The van der Waals surface area contributed by atoms with Crippen LogP contribution in [0.25, 0.3) is 10.9 Å². The molecular weight excluding hydrogens is 316 g/mol. The molecule has 1 aliphatic carbocycles. The second-order valence-electron chi connectivity index (χ2n) is 7.03. The second kappa shape index (κ2) is 6.20. The molecule has 1 spiro atoms. The van der Waals surface area contributed by atoms with Gasteiger partial charge in [-0.15, -0.1) is 0 Å². The molecule has 2 aliphatic rings. The summed E-state index contributed by atoms with van der Waals surface area (Å²) < 4.78 is 12.8. The highest BCUT2D eigenvalue weighted by Gasteiger charge is 2.47. The maximum absolute atomic E-state index is 12.2. The number of carbonyl (C=O) groups is 1. The molecule has 1 saturated heterocycles. The molecule has 25 heavy (non-hydrogen) atoms. The topological polar surface area (TPSA) is 64.2 Å². The van der Waals surface area contributed by atoms with Crippen LogP contribution in [0.1, 0.15) is 54.6 Å². The van der Waals surface area contributed by atoms with Crippen molar-refractivity contribution in [3.05, 3.63) is 35.5 Å². The van der Waals surface area contributed by atoms with Gasteiger partial charge in [-0.3, -0.25) is 0 Å². The molecule has 1 saturated carbocycles. The van der Waals surface area contributed by atoms with Crippen LogP contribution in [0.3, 0.4) is 0 Å². The van der Waals surface area contributed by atoms with Crippen molar-refractivity contribution in [2.75, 3.05) is 13.2 Å². The minimum Gasteiger partial charge on any atom is -0.461 e. The van der Waals surface area contributed by atoms with Crippen LogP contribution in [-0.4, -0.2) is 29.4 Å². The van der Waals surface area contributed by atoms with Crippen LogP contribution in [0.5, 0.6) is 0 Å². The van der Waals surface area contributed by atoms with Crippen LogP contribution in [0.2, 0.25) is 0 Å². The number of hydrogen-bond acceptors (Lipinski definition) is 4. The summed E-state index contributed by atoms with van der Waals surface area (Å²) in [5, 5.41) is 10.1. The Balaban J connectivity index is 1.70. The van der Waals surface area contributed by atoms with E-state index in [4.69, 9.17) is 14.7 Å². The van der Waals surface area contributed by atoms with Crippen LogP contribution < -0.4 is 0 Å². The first-order valence-electron chi connectivity index (χ1n) is 8.97. The van der Waals surface area contributed by atoms with E-state index in [-0.39, 0.29) is 18.1 Å². The summed E-state index contributed by atoms with van der Waals surface area (Å²) >= 11 is 0. The largest absolute Gasteiger partial charge is 0.461 e. The third kappa shape index (κ3) is 2.91. The summed E-state index contributed by atoms with van der Waals surface area (Å²) in [5.41, 5.74) is 2.79. The monoisotopic (exact) mass is 338 g/mol. The lowest BCUT2D eigenvalue weighted by Crippen LogP contribution is -2.25. The number of rotatable bonds is 4. The smallest absolute Gasteiger partial charge is 0.355 e. The average Bonchev–Trinajstić information content (AvgIpc) is 3.25. The van der Waals surface area contributed by atoms with Gasteiger partial charge < -0.3 is 14.0 Å². The highest BCUT2D eigenvalue weighted by Crippen LogP contribution is 2.50. The molecule has 1 aromatic heterocycles. The summed E-state index contributed by atoms with van der Waals surface area (Å²) in [5.74, 6) is 0.129. The van der Waals surface area contributed by atoms with E-state index in [1.165, 1.54) is 18.4 Å². The molecule has 1 atom stereocenters. The molecule has 2 fully saturated rings. The molecule has 0 bridgehead atoms. The summed E-state index contributed by atoms with van der Waals surface area (Å²) in [4.78, 5) is 12.2. The van der Waals surface area contributed by atoms with Gasteiger partial charge in [0.15, 0.2) is 0 Å². The van der Waals surface area contributed by atoms with Crippen LogP contribution >= 0.6 is 0 Å². The van der Waals surface area contributed by atoms with Crippen molar-refractivity contribution >= 4 is 16.9 Å². The lowest BCUT2D eigenvalue weighted by atomic mass is 9.87. The Hall–Kier alpha value is -2.32. The van der Waals surface area contributed by atoms with Crippen molar-refractivity contribution in [3.63, 3.8) is 0 Å². The number of aromatic nitrogens is 1. The molecule has 2 aromatic rings. The highest BCUT2D eigenvalue weighted by molar-refractivity contribution is 5.96.